The Kier molecular flexibility index (Phi) is 6.83. The number of nitrogens with one attached hydrogen (secondary N) is 2. The van der Waals surface area contributed by atoms with Crippen molar-refractivity contribution in [2.45, 2.75) is 50.4 Å². The Morgan fingerprint density at radius 3 is 2.96 bits per heavy atom. The molecule has 1 fully saturated rings. The molecule has 7 heteroatoms. The molecule has 0 spiro atoms. The van der Waals surface area contributed by atoms with Gasteiger partial charge in [0.05, 0.1) is 0 Å². The smallest absolute Gasteiger partial charge is 0.284 e. The Bertz CT molecular complexity index is 544. The molecule has 2 rings (SSSR count). The van der Waals surface area contributed by atoms with E-state index in [0.717, 1.165) is 24.2 Å². The molecule has 6 nitrogen and oxygen atoms in total. The molecule has 1 aromatic rings. The fourth-order valence-electron chi connectivity index (χ4n) is 2.76. The van der Waals surface area contributed by atoms with E-state index in [1.807, 2.05) is 18.7 Å². The van der Waals surface area contributed by atoms with E-state index in [0.29, 0.717) is 18.3 Å². The molecular formula is C16H26N4O2S. The summed E-state index contributed by atoms with van der Waals surface area (Å²) in [6, 6.07) is 3.77. The van der Waals surface area contributed by atoms with Crippen molar-refractivity contribution in [3.8, 4) is 0 Å². The zero-order valence-corrected chi connectivity index (χ0v) is 14.6. The second kappa shape index (κ2) is 8.86. The van der Waals surface area contributed by atoms with Gasteiger partial charge >= 0.3 is 0 Å². The number of carbonyl (C=O) groups excluding carboxylic acids is 1. The number of guanidine groups is 1. The summed E-state index contributed by atoms with van der Waals surface area (Å²) in [7, 11) is 0. The van der Waals surface area contributed by atoms with Crippen LogP contribution in [-0.2, 0) is 6.54 Å². The fourth-order valence-corrected chi connectivity index (χ4v) is 3.58. The van der Waals surface area contributed by atoms with Crippen LogP contribution >= 0.6 is 11.8 Å². The van der Waals surface area contributed by atoms with Crippen molar-refractivity contribution < 1.29 is 9.21 Å². The number of primary amides is 1. The third kappa shape index (κ3) is 5.49. The van der Waals surface area contributed by atoms with Crippen molar-refractivity contribution in [1.29, 1.82) is 0 Å². The average Bonchev–Trinajstić information content (AvgIpc) is 3.02. The maximum Gasteiger partial charge on any atom is 0.284 e. The van der Waals surface area contributed by atoms with E-state index in [1.165, 1.54) is 19.3 Å². The van der Waals surface area contributed by atoms with Crippen molar-refractivity contribution in [2.24, 2.45) is 10.7 Å². The van der Waals surface area contributed by atoms with Gasteiger partial charge in [-0.15, -0.1) is 0 Å². The van der Waals surface area contributed by atoms with Gasteiger partial charge in [-0.3, -0.25) is 4.79 Å². The van der Waals surface area contributed by atoms with Crippen LogP contribution in [-0.4, -0.2) is 36.0 Å². The molecule has 1 saturated carbocycles. The summed E-state index contributed by atoms with van der Waals surface area (Å²) in [6.07, 6.45) is 7.07. The molecule has 0 saturated heterocycles. The minimum atomic E-state index is -0.560. The average molecular weight is 338 g/mol. The van der Waals surface area contributed by atoms with Crippen LogP contribution in [0.2, 0.25) is 0 Å². The van der Waals surface area contributed by atoms with Gasteiger partial charge < -0.3 is 20.8 Å². The quantitative estimate of drug-likeness (QED) is 0.546. The summed E-state index contributed by atoms with van der Waals surface area (Å²) >= 11 is 1.95. The van der Waals surface area contributed by atoms with Crippen LogP contribution in [0.25, 0.3) is 0 Å². The number of amides is 1. The molecule has 1 aliphatic carbocycles. The number of hydrogen-bond donors (Lipinski definition) is 3. The van der Waals surface area contributed by atoms with Gasteiger partial charge in [0.2, 0.25) is 0 Å². The Morgan fingerprint density at radius 2 is 2.30 bits per heavy atom. The van der Waals surface area contributed by atoms with Crippen LogP contribution in [0.4, 0.5) is 0 Å². The molecule has 0 bridgehead atoms. The Hall–Kier alpha value is -1.63. The highest BCUT2D eigenvalue weighted by Crippen LogP contribution is 2.26. The molecule has 23 heavy (non-hydrogen) atoms. The Morgan fingerprint density at radius 1 is 1.48 bits per heavy atom. The molecular weight excluding hydrogens is 312 g/mol. The van der Waals surface area contributed by atoms with E-state index in [9.17, 15) is 4.79 Å². The second-order valence-corrected chi connectivity index (χ2v) is 6.83. The van der Waals surface area contributed by atoms with Gasteiger partial charge in [0.15, 0.2) is 11.7 Å². The van der Waals surface area contributed by atoms with Gasteiger partial charge in [0.25, 0.3) is 5.91 Å². The topological polar surface area (TPSA) is 92.6 Å². The summed E-state index contributed by atoms with van der Waals surface area (Å²) in [4.78, 5) is 15.6. The number of rotatable bonds is 6. The molecule has 0 radical (unpaired) electrons. The first-order valence-corrected chi connectivity index (χ1v) is 9.37. The molecule has 0 aromatic carbocycles. The molecule has 1 aromatic heterocycles. The Labute approximate surface area is 141 Å². The van der Waals surface area contributed by atoms with E-state index < -0.39 is 5.91 Å². The van der Waals surface area contributed by atoms with E-state index in [4.69, 9.17) is 10.2 Å². The molecule has 1 amide bonds. The summed E-state index contributed by atoms with van der Waals surface area (Å²) in [6.45, 7) is 3.22. The van der Waals surface area contributed by atoms with E-state index in [2.05, 4.69) is 21.9 Å². The molecule has 0 aliphatic heterocycles. The molecule has 4 N–H and O–H groups in total. The minimum absolute atomic E-state index is 0.170. The van der Waals surface area contributed by atoms with Crippen molar-refractivity contribution in [1.82, 2.24) is 10.6 Å². The van der Waals surface area contributed by atoms with Gasteiger partial charge in [0.1, 0.15) is 12.3 Å². The minimum Gasteiger partial charge on any atom is -0.454 e. The number of hydrogen-bond acceptors (Lipinski definition) is 4. The van der Waals surface area contributed by atoms with Gasteiger partial charge in [-0.1, -0.05) is 6.42 Å². The highest BCUT2D eigenvalue weighted by atomic mass is 32.2. The number of thioether (sulfide) groups is 1. The van der Waals surface area contributed by atoms with Gasteiger partial charge in [-0.05, 0) is 44.6 Å². The van der Waals surface area contributed by atoms with Gasteiger partial charge in [-0.25, -0.2) is 4.99 Å². The van der Waals surface area contributed by atoms with Crippen LogP contribution in [0.5, 0.6) is 0 Å². The number of aliphatic imine (C=N–C) groups is 1. The maximum atomic E-state index is 11.0. The predicted octanol–water partition coefficient (Wildman–Crippen LogP) is 2.11. The predicted molar refractivity (Wildman–Crippen MR) is 94.7 cm³/mol. The SMILES string of the molecule is CCNC(=NCc1ccc(C(N)=O)o1)NC1CCCC(SC)C1. The normalized spacial score (nSPS) is 21.9. The lowest BCUT2D eigenvalue weighted by molar-refractivity contribution is 0.0972. The van der Waals surface area contributed by atoms with Crippen molar-refractivity contribution in [3.05, 3.63) is 23.7 Å². The van der Waals surface area contributed by atoms with Crippen molar-refractivity contribution in [3.63, 3.8) is 0 Å². The summed E-state index contributed by atoms with van der Waals surface area (Å²) < 4.78 is 5.36. The van der Waals surface area contributed by atoms with Crippen molar-refractivity contribution in [2.75, 3.05) is 12.8 Å². The van der Waals surface area contributed by atoms with Gasteiger partial charge in [0, 0.05) is 17.8 Å². The van der Waals surface area contributed by atoms with E-state index >= 15 is 0 Å². The standard InChI is InChI=1S/C16H26N4O2S/c1-3-18-16(20-11-5-4-6-13(9-11)23-2)19-10-12-7-8-14(22-12)15(17)21/h7-8,11,13H,3-6,9-10H2,1-2H3,(H2,17,21)(H2,18,19,20). The number of nitrogens with two attached hydrogens (primary N) is 1. The third-order valence-electron chi connectivity index (χ3n) is 3.94. The maximum absolute atomic E-state index is 11.0. The molecule has 128 valence electrons. The lowest BCUT2D eigenvalue weighted by atomic mass is 9.95. The van der Waals surface area contributed by atoms with Crippen LogP contribution < -0.4 is 16.4 Å². The first-order valence-electron chi connectivity index (χ1n) is 8.08. The fraction of sp³-hybridized carbons (Fsp3) is 0.625. The van der Waals surface area contributed by atoms with E-state index in [1.54, 1.807) is 12.1 Å². The van der Waals surface area contributed by atoms with Crippen molar-refractivity contribution >= 4 is 23.6 Å². The summed E-state index contributed by atoms with van der Waals surface area (Å²) in [5.74, 6) is 1.02. The molecule has 1 heterocycles. The third-order valence-corrected chi connectivity index (χ3v) is 5.04. The lowest BCUT2D eigenvalue weighted by Gasteiger charge is -2.29. The summed E-state index contributed by atoms with van der Waals surface area (Å²) in [5, 5.41) is 7.50. The first kappa shape index (κ1) is 17.7. The van der Waals surface area contributed by atoms with Crippen LogP contribution in [0.1, 0.15) is 48.9 Å². The second-order valence-electron chi connectivity index (χ2n) is 5.69. The van der Waals surface area contributed by atoms with E-state index in [-0.39, 0.29) is 5.76 Å². The monoisotopic (exact) mass is 338 g/mol. The highest BCUT2D eigenvalue weighted by molar-refractivity contribution is 7.99. The lowest BCUT2D eigenvalue weighted by Crippen LogP contribution is -2.45. The molecule has 1 aliphatic rings. The number of nitrogens with zero attached hydrogens (tertiary/aromatic N) is 1. The largest absolute Gasteiger partial charge is 0.454 e. The molecule has 2 unspecified atom stereocenters. The first-order chi connectivity index (χ1) is 11.1. The van der Waals surface area contributed by atoms with Crippen LogP contribution in [0.3, 0.4) is 0 Å². The zero-order valence-electron chi connectivity index (χ0n) is 13.8. The zero-order chi connectivity index (χ0) is 16.7. The van der Waals surface area contributed by atoms with Crippen LogP contribution in [0.15, 0.2) is 21.5 Å². The highest BCUT2D eigenvalue weighted by Gasteiger charge is 2.21. The van der Waals surface area contributed by atoms with Gasteiger partial charge in [-0.2, -0.15) is 11.8 Å². The van der Waals surface area contributed by atoms with Crippen LogP contribution in [0, 0.1) is 0 Å². The number of carbonyl (C=O) groups is 1. The number of furan rings is 1. The molecule has 2 atom stereocenters. The Balaban J connectivity index is 1.94. The summed E-state index contributed by atoms with van der Waals surface area (Å²) in [5.41, 5.74) is 5.19.